The van der Waals surface area contributed by atoms with Crippen molar-refractivity contribution in [2.75, 3.05) is 6.54 Å². The second kappa shape index (κ2) is 6.88. The van der Waals surface area contributed by atoms with Crippen LogP contribution in [-0.2, 0) is 0 Å². The maximum atomic E-state index is 3.65. The Hall–Kier alpha value is -1.12. The van der Waals surface area contributed by atoms with E-state index in [0.29, 0.717) is 0 Å². The first-order chi connectivity index (χ1) is 9.22. The van der Waals surface area contributed by atoms with Gasteiger partial charge in [0.15, 0.2) is 0 Å². The smallest absolute Gasteiger partial charge is 0.0579 e. The van der Waals surface area contributed by atoms with Gasteiger partial charge in [0, 0.05) is 4.47 Å². The normalized spacial score (nSPS) is 12.4. The monoisotopic (exact) mass is 317 g/mol. The number of aryl methyl sites for hydroxylation is 1. The van der Waals surface area contributed by atoms with Crippen LogP contribution in [0.15, 0.2) is 53.0 Å². The number of hydrogen-bond acceptors (Lipinski definition) is 1. The average Bonchev–Trinajstić information content (AvgIpc) is 2.41. The van der Waals surface area contributed by atoms with E-state index in [4.69, 9.17) is 0 Å². The Kier molecular flexibility index (Phi) is 5.17. The molecule has 100 valence electrons. The average molecular weight is 318 g/mol. The van der Waals surface area contributed by atoms with Crippen LogP contribution < -0.4 is 5.32 Å². The van der Waals surface area contributed by atoms with Crippen LogP contribution in [0.5, 0.6) is 0 Å². The van der Waals surface area contributed by atoms with E-state index in [-0.39, 0.29) is 6.04 Å². The van der Waals surface area contributed by atoms with E-state index in [1.54, 1.807) is 0 Å². The first kappa shape index (κ1) is 14.3. The largest absolute Gasteiger partial charge is 0.306 e. The first-order valence-electron chi connectivity index (χ1n) is 6.76. The molecule has 0 radical (unpaired) electrons. The zero-order valence-electron chi connectivity index (χ0n) is 11.5. The molecule has 0 aliphatic carbocycles. The van der Waals surface area contributed by atoms with Crippen LogP contribution >= 0.6 is 15.9 Å². The number of rotatable bonds is 5. The minimum absolute atomic E-state index is 0.263. The van der Waals surface area contributed by atoms with Gasteiger partial charge in [0.2, 0.25) is 0 Å². The van der Waals surface area contributed by atoms with E-state index in [2.05, 4.69) is 83.6 Å². The van der Waals surface area contributed by atoms with Crippen LogP contribution in [0.2, 0.25) is 0 Å². The van der Waals surface area contributed by atoms with Crippen LogP contribution in [0.1, 0.15) is 36.1 Å². The lowest BCUT2D eigenvalue weighted by molar-refractivity contribution is 0.596. The van der Waals surface area contributed by atoms with Gasteiger partial charge in [-0.1, -0.05) is 59.3 Å². The third kappa shape index (κ3) is 3.68. The van der Waals surface area contributed by atoms with E-state index in [9.17, 15) is 0 Å². The molecule has 2 rings (SSSR count). The summed E-state index contributed by atoms with van der Waals surface area (Å²) in [7, 11) is 0. The molecule has 0 aliphatic rings. The van der Waals surface area contributed by atoms with E-state index in [1.807, 2.05) is 0 Å². The summed E-state index contributed by atoms with van der Waals surface area (Å²) in [5.41, 5.74) is 3.99. The molecule has 2 aromatic carbocycles. The van der Waals surface area contributed by atoms with Gasteiger partial charge in [0.25, 0.3) is 0 Å². The number of hydrogen-bond donors (Lipinski definition) is 1. The Balaban J connectivity index is 2.38. The maximum Gasteiger partial charge on any atom is 0.0579 e. The van der Waals surface area contributed by atoms with Crippen molar-refractivity contribution in [2.45, 2.75) is 26.3 Å². The highest BCUT2D eigenvalue weighted by Gasteiger charge is 2.15. The van der Waals surface area contributed by atoms with Gasteiger partial charge < -0.3 is 5.32 Å². The van der Waals surface area contributed by atoms with Crippen LogP contribution in [0, 0.1) is 6.92 Å². The van der Waals surface area contributed by atoms with Crippen molar-refractivity contribution in [1.29, 1.82) is 0 Å². The Morgan fingerprint density at radius 1 is 1.11 bits per heavy atom. The SMILES string of the molecule is CCCNC(c1cccc(Br)c1)c1ccccc1C. The summed E-state index contributed by atoms with van der Waals surface area (Å²) in [5, 5.41) is 3.65. The van der Waals surface area contributed by atoms with Crippen molar-refractivity contribution >= 4 is 15.9 Å². The second-order valence-corrected chi connectivity index (χ2v) is 5.71. The molecule has 0 aliphatic heterocycles. The molecular weight excluding hydrogens is 298 g/mol. The molecule has 1 unspecified atom stereocenters. The fraction of sp³-hybridized carbons (Fsp3) is 0.294. The molecule has 19 heavy (non-hydrogen) atoms. The summed E-state index contributed by atoms with van der Waals surface area (Å²) in [4.78, 5) is 0. The molecule has 2 heteroatoms. The molecule has 1 N–H and O–H groups in total. The van der Waals surface area contributed by atoms with Crippen LogP contribution in [-0.4, -0.2) is 6.54 Å². The van der Waals surface area contributed by atoms with E-state index >= 15 is 0 Å². The lowest BCUT2D eigenvalue weighted by atomic mass is 9.95. The second-order valence-electron chi connectivity index (χ2n) is 4.80. The van der Waals surface area contributed by atoms with Gasteiger partial charge in [0.1, 0.15) is 0 Å². The maximum absolute atomic E-state index is 3.65. The summed E-state index contributed by atoms with van der Waals surface area (Å²) in [6.45, 7) is 5.39. The van der Waals surface area contributed by atoms with Crippen molar-refractivity contribution in [3.63, 3.8) is 0 Å². The van der Waals surface area contributed by atoms with Crippen LogP contribution in [0.3, 0.4) is 0 Å². The highest BCUT2D eigenvalue weighted by atomic mass is 79.9. The summed E-state index contributed by atoms with van der Waals surface area (Å²) in [5.74, 6) is 0. The third-order valence-corrected chi connectivity index (χ3v) is 3.77. The van der Waals surface area contributed by atoms with Gasteiger partial charge in [-0.05, 0) is 48.7 Å². The third-order valence-electron chi connectivity index (χ3n) is 3.28. The van der Waals surface area contributed by atoms with Crippen LogP contribution in [0.25, 0.3) is 0 Å². The molecule has 0 spiro atoms. The number of halogens is 1. The van der Waals surface area contributed by atoms with Gasteiger partial charge in [-0.2, -0.15) is 0 Å². The Morgan fingerprint density at radius 2 is 1.89 bits per heavy atom. The molecule has 0 amide bonds. The summed E-state index contributed by atoms with van der Waals surface area (Å²) in [6.07, 6.45) is 1.14. The predicted molar refractivity (Wildman–Crippen MR) is 85.5 cm³/mol. The highest BCUT2D eigenvalue weighted by Crippen LogP contribution is 2.26. The van der Waals surface area contributed by atoms with Crippen molar-refractivity contribution in [3.05, 3.63) is 69.7 Å². The lowest BCUT2D eigenvalue weighted by Crippen LogP contribution is -2.23. The first-order valence-corrected chi connectivity index (χ1v) is 7.56. The minimum atomic E-state index is 0.263. The molecule has 0 saturated carbocycles. The van der Waals surface area contributed by atoms with Gasteiger partial charge in [-0.15, -0.1) is 0 Å². The van der Waals surface area contributed by atoms with E-state index < -0.39 is 0 Å². The number of benzene rings is 2. The van der Waals surface area contributed by atoms with Crippen LogP contribution in [0.4, 0.5) is 0 Å². The lowest BCUT2D eigenvalue weighted by Gasteiger charge is -2.21. The van der Waals surface area contributed by atoms with Gasteiger partial charge in [0.05, 0.1) is 6.04 Å². The highest BCUT2D eigenvalue weighted by molar-refractivity contribution is 9.10. The zero-order chi connectivity index (χ0) is 13.7. The Labute approximate surface area is 124 Å². The summed E-state index contributed by atoms with van der Waals surface area (Å²) < 4.78 is 1.13. The molecule has 0 fully saturated rings. The fourth-order valence-corrected chi connectivity index (χ4v) is 2.71. The summed E-state index contributed by atoms with van der Waals surface area (Å²) >= 11 is 3.56. The molecule has 0 heterocycles. The predicted octanol–water partition coefficient (Wildman–Crippen LogP) is 4.85. The zero-order valence-corrected chi connectivity index (χ0v) is 13.1. The van der Waals surface area contributed by atoms with Crippen molar-refractivity contribution in [3.8, 4) is 0 Å². The molecule has 0 saturated heterocycles. The standard InChI is InChI=1S/C17H20BrN/c1-3-11-19-17(14-8-6-9-15(18)12-14)16-10-5-4-7-13(16)2/h4-10,12,17,19H,3,11H2,1-2H3. The molecule has 0 aromatic heterocycles. The van der Waals surface area contributed by atoms with Crippen molar-refractivity contribution in [1.82, 2.24) is 5.32 Å². The fourth-order valence-electron chi connectivity index (χ4n) is 2.29. The molecule has 1 nitrogen and oxygen atoms in total. The van der Waals surface area contributed by atoms with Crippen molar-refractivity contribution in [2.24, 2.45) is 0 Å². The number of nitrogens with one attached hydrogen (secondary N) is 1. The summed E-state index contributed by atoms with van der Waals surface area (Å²) in [6, 6.07) is 17.4. The van der Waals surface area contributed by atoms with Crippen molar-refractivity contribution < 1.29 is 0 Å². The van der Waals surface area contributed by atoms with Gasteiger partial charge >= 0.3 is 0 Å². The quantitative estimate of drug-likeness (QED) is 0.831. The van der Waals surface area contributed by atoms with E-state index in [0.717, 1.165) is 17.4 Å². The molecule has 2 aromatic rings. The van der Waals surface area contributed by atoms with E-state index in [1.165, 1.54) is 16.7 Å². The molecule has 0 bridgehead atoms. The van der Waals surface area contributed by atoms with Gasteiger partial charge in [-0.3, -0.25) is 0 Å². The molecular formula is C17H20BrN. The topological polar surface area (TPSA) is 12.0 Å². The Morgan fingerprint density at radius 3 is 2.58 bits per heavy atom. The molecule has 1 atom stereocenters. The van der Waals surface area contributed by atoms with Gasteiger partial charge in [-0.25, -0.2) is 0 Å². The minimum Gasteiger partial charge on any atom is -0.306 e. The Bertz CT molecular complexity index is 536.